The Morgan fingerprint density at radius 1 is 1.56 bits per heavy atom. The Morgan fingerprint density at radius 3 is 2.89 bits per heavy atom. The minimum Gasteiger partial charge on any atom is -0.258 e. The summed E-state index contributed by atoms with van der Waals surface area (Å²) in [5.41, 5.74) is 0.101. The number of rotatable bonds is 3. The van der Waals surface area contributed by atoms with Crippen LogP contribution in [0.25, 0.3) is 0 Å². The average molecular weight is 262 g/mol. The van der Waals surface area contributed by atoms with Crippen LogP contribution in [-0.4, -0.2) is 25.1 Å². The van der Waals surface area contributed by atoms with Gasteiger partial charge in [0.25, 0.3) is 5.69 Å². The zero-order valence-electron chi connectivity index (χ0n) is 9.14. The number of nitrogens with zero attached hydrogens (tertiary/aromatic N) is 6. The Hall–Kier alpha value is -2.47. The van der Waals surface area contributed by atoms with Gasteiger partial charge in [-0.25, -0.2) is 4.68 Å². The van der Waals surface area contributed by atoms with Crippen LogP contribution in [-0.2, 0) is 7.05 Å². The van der Waals surface area contributed by atoms with Gasteiger partial charge in [-0.2, -0.15) is 5.26 Å². The van der Waals surface area contributed by atoms with Crippen molar-refractivity contribution >= 4 is 17.4 Å². The second-order valence-corrected chi connectivity index (χ2v) is 4.25. The summed E-state index contributed by atoms with van der Waals surface area (Å²) in [6, 6.07) is 6.00. The van der Waals surface area contributed by atoms with E-state index in [0.29, 0.717) is 10.1 Å². The summed E-state index contributed by atoms with van der Waals surface area (Å²) in [4.78, 5) is 10.6. The van der Waals surface area contributed by atoms with E-state index in [1.165, 1.54) is 34.6 Å². The average Bonchev–Trinajstić information content (AvgIpc) is 2.75. The Morgan fingerprint density at radius 2 is 2.33 bits per heavy atom. The molecule has 0 radical (unpaired) electrons. The molecular weight excluding hydrogens is 256 g/mol. The third kappa shape index (κ3) is 2.28. The Balaban J connectivity index is 2.37. The van der Waals surface area contributed by atoms with Gasteiger partial charge in [0.2, 0.25) is 5.16 Å². The van der Waals surface area contributed by atoms with Gasteiger partial charge in [0.15, 0.2) is 0 Å². The van der Waals surface area contributed by atoms with Crippen LogP contribution in [0.3, 0.4) is 0 Å². The molecule has 0 aliphatic carbocycles. The second-order valence-electron chi connectivity index (χ2n) is 3.24. The number of hydrogen-bond donors (Lipinski definition) is 0. The normalized spacial score (nSPS) is 10.0. The topological polar surface area (TPSA) is 111 Å². The quantitative estimate of drug-likeness (QED) is 0.602. The van der Waals surface area contributed by atoms with Crippen molar-refractivity contribution in [2.75, 3.05) is 0 Å². The van der Waals surface area contributed by atoms with Gasteiger partial charge in [0.1, 0.15) is 6.07 Å². The first-order valence-corrected chi connectivity index (χ1v) is 5.52. The Kier molecular flexibility index (Phi) is 3.20. The molecule has 18 heavy (non-hydrogen) atoms. The van der Waals surface area contributed by atoms with E-state index in [1.54, 1.807) is 7.05 Å². The van der Waals surface area contributed by atoms with Gasteiger partial charge >= 0.3 is 0 Å². The number of hydrogen-bond acceptors (Lipinski definition) is 7. The molecule has 1 heterocycles. The molecule has 1 aromatic carbocycles. The molecule has 8 nitrogen and oxygen atoms in total. The SMILES string of the molecule is Cn1nnnc1Sc1ccc([N+](=O)[O-])cc1C#N. The summed E-state index contributed by atoms with van der Waals surface area (Å²) in [5.74, 6) is 0. The summed E-state index contributed by atoms with van der Waals surface area (Å²) >= 11 is 1.17. The van der Waals surface area contributed by atoms with Gasteiger partial charge in [0.05, 0.1) is 10.5 Å². The molecule has 2 aromatic rings. The molecule has 0 N–H and O–H groups in total. The molecule has 0 amide bonds. The van der Waals surface area contributed by atoms with Crippen molar-refractivity contribution in [2.45, 2.75) is 10.1 Å². The van der Waals surface area contributed by atoms with Crippen LogP contribution in [0.1, 0.15) is 5.56 Å². The highest BCUT2D eigenvalue weighted by Gasteiger charge is 2.13. The lowest BCUT2D eigenvalue weighted by molar-refractivity contribution is -0.384. The van der Waals surface area contributed by atoms with Crippen molar-refractivity contribution in [3.8, 4) is 6.07 Å². The molecule has 0 atom stereocenters. The van der Waals surface area contributed by atoms with Gasteiger partial charge in [0, 0.05) is 24.1 Å². The van der Waals surface area contributed by atoms with Crippen LogP contribution in [0.2, 0.25) is 0 Å². The van der Waals surface area contributed by atoms with Gasteiger partial charge in [-0.1, -0.05) is 0 Å². The minimum absolute atomic E-state index is 0.119. The van der Waals surface area contributed by atoms with Crippen molar-refractivity contribution in [3.05, 3.63) is 33.9 Å². The number of non-ortho nitro benzene ring substituents is 1. The van der Waals surface area contributed by atoms with E-state index in [-0.39, 0.29) is 11.3 Å². The number of aromatic nitrogens is 4. The van der Waals surface area contributed by atoms with Crippen molar-refractivity contribution in [1.29, 1.82) is 5.26 Å². The van der Waals surface area contributed by atoms with Crippen LogP contribution in [0.5, 0.6) is 0 Å². The first kappa shape index (κ1) is 12.0. The number of benzene rings is 1. The molecule has 0 aliphatic rings. The van der Waals surface area contributed by atoms with Crippen LogP contribution in [0.15, 0.2) is 28.3 Å². The molecule has 0 saturated carbocycles. The first-order valence-electron chi connectivity index (χ1n) is 4.70. The van der Waals surface area contributed by atoms with Crippen molar-refractivity contribution in [3.63, 3.8) is 0 Å². The van der Waals surface area contributed by atoms with Crippen LogP contribution in [0.4, 0.5) is 5.69 Å². The predicted molar refractivity (Wildman–Crippen MR) is 60.7 cm³/mol. The number of nitro benzene ring substituents is 1. The highest BCUT2D eigenvalue weighted by Crippen LogP contribution is 2.30. The molecule has 0 aliphatic heterocycles. The zero-order chi connectivity index (χ0) is 13.1. The molecule has 0 spiro atoms. The van der Waals surface area contributed by atoms with E-state index in [0.717, 1.165) is 0 Å². The predicted octanol–water partition coefficient (Wildman–Crippen LogP) is 1.14. The van der Waals surface area contributed by atoms with Gasteiger partial charge in [-0.15, -0.1) is 5.10 Å². The van der Waals surface area contributed by atoms with E-state index in [4.69, 9.17) is 5.26 Å². The molecule has 9 heteroatoms. The second kappa shape index (κ2) is 4.80. The summed E-state index contributed by atoms with van der Waals surface area (Å²) < 4.78 is 1.45. The zero-order valence-corrected chi connectivity index (χ0v) is 9.96. The van der Waals surface area contributed by atoms with E-state index < -0.39 is 4.92 Å². The minimum atomic E-state index is -0.542. The summed E-state index contributed by atoms with van der Waals surface area (Å²) in [6.07, 6.45) is 0. The highest BCUT2D eigenvalue weighted by molar-refractivity contribution is 7.99. The fourth-order valence-corrected chi connectivity index (χ4v) is 2.01. The van der Waals surface area contributed by atoms with E-state index in [1.807, 2.05) is 6.07 Å². The van der Waals surface area contributed by atoms with Crippen molar-refractivity contribution in [1.82, 2.24) is 20.2 Å². The summed E-state index contributed by atoms with van der Waals surface area (Å²) in [5, 5.41) is 31.0. The third-order valence-electron chi connectivity index (χ3n) is 2.08. The molecular formula is C9H6N6O2S. The summed E-state index contributed by atoms with van der Waals surface area (Å²) in [6.45, 7) is 0. The number of tetrazole rings is 1. The number of nitro groups is 1. The van der Waals surface area contributed by atoms with Crippen molar-refractivity contribution < 1.29 is 4.92 Å². The lowest BCUT2D eigenvalue weighted by Crippen LogP contribution is -1.94. The van der Waals surface area contributed by atoms with E-state index >= 15 is 0 Å². The van der Waals surface area contributed by atoms with Crippen molar-refractivity contribution in [2.24, 2.45) is 7.05 Å². The van der Waals surface area contributed by atoms with Crippen LogP contribution < -0.4 is 0 Å². The first-order chi connectivity index (χ1) is 8.61. The smallest absolute Gasteiger partial charge is 0.258 e. The fraction of sp³-hybridized carbons (Fsp3) is 0.111. The lowest BCUT2D eigenvalue weighted by Gasteiger charge is -2.01. The van der Waals surface area contributed by atoms with E-state index in [9.17, 15) is 10.1 Å². The lowest BCUT2D eigenvalue weighted by atomic mass is 10.2. The van der Waals surface area contributed by atoms with Crippen LogP contribution in [0, 0.1) is 21.4 Å². The van der Waals surface area contributed by atoms with Gasteiger partial charge in [-0.3, -0.25) is 10.1 Å². The molecule has 2 rings (SSSR count). The Labute approximate surface area is 105 Å². The molecule has 0 bridgehead atoms. The summed E-state index contributed by atoms with van der Waals surface area (Å²) in [7, 11) is 1.67. The molecule has 0 unspecified atom stereocenters. The standard InChI is InChI=1S/C9H6N6O2S/c1-14-9(11-12-13-14)18-8-3-2-7(15(16)17)4-6(8)5-10/h2-4H,1H3. The molecule has 0 saturated heterocycles. The monoisotopic (exact) mass is 262 g/mol. The number of nitriles is 1. The molecule has 1 aromatic heterocycles. The maximum absolute atomic E-state index is 10.6. The number of aryl methyl sites for hydroxylation is 1. The van der Waals surface area contributed by atoms with Gasteiger partial charge < -0.3 is 0 Å². The maximum Gasteiger partial charge on any atom is 0.270 e. The van der Waals surface area contributed by atoms with Crippen LogP contribution >= 0.6 is 11.8 Å². The maximum atomic E-state index is 10.6. The van der Waals surface area contributed by atoms with Gasteiger partial charge in [-0.05, 0) is 28.3 Å². The fourth-order valence-electron chi connectivity index (χ4n) is 1.21. The largest absolute Gasteiger partial charge is 0.270 e. The third-order valence-corrected chi connectivity index (χ3v) is 3.18. The molecule has 0 fully saturated rings. The Bertz CT molecular complexity index is 647. The van der Waals surface area contributed by atoms with E-state index in [2.05, 4.69) is 15.5 Å². The molecule has 90 valence electrons. The highest BCUT2D eigenvalue weighted by atomic mass is 32.2.